The van der Waals surface area contributed by atoms with Crippen LogP contribution in [-0.4, -0.2) is 30.8 Å². The van der Waals surface area contributed by atoms with Crippen molar-refractivity contribution in [2.45, 2.75) is 0 Å². The van der Waals surface area contributed by atoms with Crippen LogP contribution in [0.4, 0.5) is 10.8 Å². The first-order valence-electron chi connectivity index (χ1n) is 10.7. The number of aromatic nitrogens is 1. The number of methoxy groups -OCH3 is 1. The number of hydrazone groups is 1. The smallest absolute Gasteiger partial charge is 0.271 e. The molecule has 0 radical (unpaired) electrons. The van der Waals surface area contributed by atoms with Crippen LogP contribution in [-0.2, 0) is 0 Å². The molecule has 0 aliphatic heterocycles. The number of ether oxygens (including phenoxy) is 2. The second kappa shape index (κ2) is 12.2. The highest BCUT2D eigenvalue weighted by Gasteiger charge is 2.11. The minimum Gasteiger partial charge on any atom is -0.493 e. The van der Waals surface area contributed by atoms with Gasteiger partial charge in [-0.1, -0.05) is 36.3 Å². The van der Waals surface area contributed by atoms with Gasteiger partial charge in [-0.15, -0.1) is 17.8 Å². The van der Waals surface area contributed by atoms with Crippen molar-refractivity contribution in [3.63, 3.8) is 0 Å². The summed E-state index contributed by atoms with van der Waals surface area (Å²) in [7, 11) is 1.55. The molecule has 0 bridgehead atoms. The molecular weight excluding hydrogens is 587 g/mol. The fourth-order valence-electron chi connectivity index (χ4n) is 3.20. The average molecular weight is 608 g/mol. The number of nitrogens with one attached hydrogen (secondary N) is 2. The van der Waals surface area contributed by atoms with Crippen molar-refractivity contribution in [3.8, 4) is 35.1 Å². The lowest BCUT2D eigenvalue weighted by atomic mass is 10.1. The molecule has 180 valence electrons. The molecule has 36 heavy (non-hydrogen) atoms. The van der Waals surface area contributed by atoms with E-state index in [1.165, 1.54) is 11.3 Å². The fraction of sp³-hybridized carbons (Fsp3) is 0.0741. The van der Waals surface area contributed by atoms with Gasteiger partial charge < -0.3 is 14.8 Å². The number of hydrogen-bond acceptors (Lipinski definition) is 7. The Bertz CT molecular complexity index is 1410. The van der Waals surface area contributed by atoms with E-state index in [0.717, 1.165) is 31.2 Å². The summed E-state index contributed by atoms with van der Waals surface area (Å²) in [5, 5.41) is 10.1. The number of thiazole rings is 1. The normalized spacial score (nSPS) is 10.6. The predicted octanol–water partition coefficient (Wildman–Crippen LogP) is 5.94. The SMILES string of the molecule is C#CCOc1c(I)cc(/C=N\NC(=O)c2ccc(-c3csc(Nc4ccccc4)n3)cc2)cc1OC. The number of halogens is 1. The molecule has 1 amide bonds. The van der Waals surface area contributed by atoms with Crippen molar-refractivity contribution >= 4 is 56.9 Å². The average Bonchev–Trinajstić information content (AvgIpc) is 3.37. The van der Waals surface area contributed by atoms with Gasteiger partial charge in [0.15, 0.2) is 16.6 Å². The Morgan fingerprint density at radius 2 is 1.97 bits per heavy atom. The number of anilines is 2. The van der Waals surface area contributed by atoms with Crippen molar-refractivity contribution in [3.05, 3.63) is 86.8 Å². The van der Waals surface area contributed by atoms with Crippen molar-refractivity contribution in [2.75, 3.05) is 19.0 Å². The molecular formula is C27H21IN4O3S. The van der Waals surface area contributed by atoms with Gasteiger partial charge in [-0.25, -0.2) is 10.4 Å². The Morgan fingerprint density at radius 1 is 1.19 bits per heavy atom. The number of benzene rings is 3. The number of carbonyl (C=O) groups excluding carboxylic acids is 1. The highest BCUT2D eigenvalue weighted by atomic mass is 127. The largest absolute Gasteiger partial charge is 0.493 e. The van der Waals surface area contributed by atoms with Crippen LogP contribution in [0.3, 0.4) is 0 Å². The molecule has 0 aliphatic rings. The Hall–Kier alpha value is -3.88. The number of carbonyl (C=O) groups is 1. The third-order valence-corrected chi connectivity index (χ3v) is 6.46. The van der Waals surface area contributed by atoms with Crippen molar-refractivity contribution < 1.29 is 14.3 Å². The van der Waals surface area contributed by atoms with E-state index in [2.05, 4.69) is 49.3 Å². The van der Waals surface area contributed by atoms with Gasteiger partial charge in [0.25, 0.3) is 5.91 Å². The fourth-order valence-corrected chi connectivity index (χ4v) is 4.72. The number of amides is 1. The van der Waals surface area contributed by atoms with Gasteiger partial charge >= 0.3 is 0 Å². The lowest BCUT2D eigenvalue weighted by Gasteiger charge is -2.11. The second-order valence-corrected chi connectivity index (χ2v) is 9.35. The number of rotatable bonds is 9. The molecule has 0 fully saturated rings. The van der Waals surface area contributed by atoms with Gasteiger partial charge in [-0.3, -0.25) is 4.79 Å². The van der Waals surface area contributed by atoms with Crippen molar-refractivity contribution in [1.82, 2.24) is 10.4 Å². The van der Waals surface area contributed by atoms with E-state index in [1.807, 2.05) is 53.9 Å². The van der Waals surface area contributed by atoms with E-state index < -0.39 is 0 Å². The number of para-hydroxylation sites is 1. The van der Waals surface area contributed by atoms with Crippen LogP contribution in [0.1, 0.15) is 15.9 Å². The van der Waals surface area contributed by atoms with Crippen LogP contribution < -0.4 is 20.2 Å². The van der Waals surface area contributed by atoms with Crippen LogP contribution >= 0.6 is 33.9 Å². The van der Waals surface area contributed by atoms with Gasteiger partial charge in [0, 0.05) is 22.2 Å². The molecule has 0 aliphatic carbocycles. The van der Waals surface area contributed by atoms with Crippen LogP contribution in [0.5, 0.6) is 11.5 Å². The summed E-state index contributed by atoms with van der Waals surface area (Å²) >= 11 is 3.65. The number of hydrogen-bond donors (Lipinski definition) is 2. The van der Waals surface area contributed by atoms with E-state index >= 15 is 0 Å². The summed E-state index contributed by atoms with van der Waals surface area (Å²) in [6, 6.07) is 20.7. The minimum absolute atomic E-state index is 0.142. The molecule has 0 saturated heterocycles. The summed E-state index contributed by atoms with van der Waals surface area (Å²) < 4.78 is 11.7. The lowest BCUT2D eigenvalue weighted by molar-refractivity contribution is 0.0955. The highest BCUT2D eigenvalue weighted by molar-refractivity contribution is 14.1. The van der Waals surface area contributed by atoms with Crippen molar-refractivity contribution in [1.29, 1.82) is 0 Å². The molecule has 4 rings (SSSR count). The van der Waals surface area contributed by atoms with Crippen LogP contribution in [0.15, 0.2) is 77.2 Å². The number of terminal acetylenes is 1. The Labute approximate surface area is 226 Å². The van der Waals surface area contributed by atoms with Gasteiger partial charge in [0.05, 0.1) is 22.6 Å². The lowest BCUT2D eigenvalue weighted by Crippen LogP contribution is -2.17. The Morgan fingerprint density at radius 3 is 2.69 bits per heavy atom. The van der Waals surface area contributed by atoms with Gasteiger partial charge in [-0.05, 0) is 64.6 Å². The minimum atomic E-state index is -0.321. The number of nitrogens with zero attached hydrogens (tertiary/aromatic N) is 2. The van der Waals surface area contributed by atoms with Crippen LogP contribution in [0.2, 0.25) is 0 Å². The molecule has 1 heterocycles. The van der Waals surface area contributed by atoms with E-state index in [9.17, 15) is 4.79 Å². The molecule has 7 nitrogen and oxygen atoms in total. The third-order valence-electron chi connectivity index (χ3n) is 4.90. The van der Waals surface area contributed by atoms with Gasteiger partial charge in [0.2, 0.25) is 0 Å². The molecule has 4 aromatic rings. The summed E-state index contributed by atoms with van der Waals surface area (Å²) in [5.74, 6) is 3.21. The summed E-state index contributed by atoms with van der Waals surface area (Å²) in [5.41, 5.74) is 6.51. The first kappa shape index (κ1) is 25.2. The molecule has 0 unspecified atom stereocenters. The molecule has 0 atom stereocenters. The maximum absolute atomic E-state index is 12.5. The van der Waals surface area contributed by atoms with Gasteiger partial charge in [0.1, 0.15) is 6.61 Å². The Kier molecular flexibility index (Phi) is 8.54. The molecule has 0 saturated carbocycles. The van der Waals surface area contributed by atoms with Crippen LogP contribution in [0, 0.1) is 15.9 Å². The third kappa shape index (κ3) is 6.41. The highest BCUT2D eigenvalue weighted by Crippen LogP contribution is 2.33. The molecule has 3 aromatic carbocycles. The van der Waals surface area contributed by atoms with E-state index in [-0.39, 0.29) is 12.5 Å². The zero-order valence-corrected chi connectivity index (χ0v) is 22.2. The second-order valence-electron chi connectivity index (χ2n) is 7.33. The van der Waals surface area contributed by atoms with Crippen LogP contribution in [0.25, 0.3) is 11.3 Å². The molecule has 1 aromatic heterocycles. The standard InChI is InChI=1S/C27H21IN4O3S/c1-3-13-35-25-22(28)14-18(15-24(25)34-2)16-29-32-26(33)20-11-9-19(10-12-20)23-17-36-27(31-23)30-21-7-5-4-6-8-21/h1,4-12,14-17H,13H2,2H3,(H,30,31)(H,32,33)/b29-16-. The molecule has 0 spiro atoms. The summed E-state index contributed by atoms with van der Waals surface area (Å²) in [6.07, 6.45) is 6.81. The topological polar surface area (TPSA) is 84.8 Å². The summed E-state index contributed by atoms with van der Waals surface area (Å²) in [4.78, 5) is 17.2. The van der Waals surface area contributed by atoms with E-state index in [1.54, 1.807) is 31.5 Å². The quantitative estimate of drug-likeness (QED) is 0.106. The maximum Gasteiger partial charge on any atom is 0.271 e. The first-order valence-corrected chi connectivity index (χ1v) is 12.7. The predicted molar refractivity (Wildman–Crippen MR) is 152 cm³/mol. The van der Waals surface area contributed by atoms with Crippen molar-refractivity contribution in [2.24, 2.45) is 5.10 Å². The van der Waals surface area contributed by atoms with Gasteiger partial charge in [-0.2, -0.15) is 5.10 Å². The zero-order valence-electron chi connectivity index (χ0n) is 19.2. The van der Waals surface area contributed by atoms with E-state index in [4.69, 9.17) is 15.9 Å². The monoisotopic (exact) mass is 608 g/mol. The molecule has 2 N–H and O–H groups in total. The summed E-state index contributed by atoms with van der Waals surface area (Å²) in [6.45, 7) is 0.142. The maximum atomic E-state index is 12.5. The zero-order chi connectivity index (χ0) is 25.3. The van der Waals surface area contributed by atoms with E-state index in [0.29, 0.717) is 17.1 Å². The Balaban J connectivity index is 1.38. The molecule has 9 heteroatoms. The first-order chi connectivity index (χ1) is 17.6.